The third kappa shape index (κ3) is 3.95. The van der Waals surface area contributed by atoms with Gasteiger partial charge < -0.3 is 34.3 Å². The number of benzene rings is 1. The van der Waals surface area contributed by atoms with E-state index in [2.05, 4.69) is 15.3 Å². The van der Waals surface area contributed by atoms with Crippen LogP contribution in [-0.4, -0.2) is 57.5 Å². The summed E-state index contributed by atoms with van der Waals surface area (Å²) in [5.41, 5.74) is 9.48. The molecule has 3 N–H and O–H groups in total. The maximum atomic E-state index is 13.6. The van der Waals surface area contributed by atoms with Gasteiger partial charge >= 0.3 is 5.97 Å². The first-order chi connectivity index (χ1) is 19.7. The maximum absolute atomic E-state index is 13.6. The van der Waals surface area contributed by atoms with Crippen molar-refractivity contribution in [2.45, 2.75) is 51.1 Å². The average Bonchev–Trinajstić information content (AvgIpc) is 3.36. The smallest absolute Gasteiger partial charge is 0.343 e. The van der Waals surface area contributed by atoms with E-state index in [0.717, 1.165) is 0 Å². The van der Waals surface area contributed by atoms with Crippen LogP contribution >= 0.6 is 0 Å². The fraction of sp³-hybridized carbons (Fsp3) is 0.407. The molecular formula is C27H26N6O8. The van der Waals surface area contributed by atoms with E-state index in [9.17, 15) is 24.6 Å². The fourth-order valence-electron chi connectivity index (χ4n) is 5.78. The number of azide groups is 1. The molecule has 0 saturated carbocycles. The lowest BCUT2D eigenvalue weighted by Gasteiger charge is -2.31. The Balaban J connectivity index is 1.54. The number of hydrogen-bond acceptors (Lipinski definition) is 11. The topological polar surface area (TPSA) is 198 Å². The molecule has 0 spiro atoms. The summed E-state index contributed by atoms with van der Waals surface area (Å²) in [7, 11) is 0. The largest absolute Gasteiger partial charge is 0.458 e. The number of Topliss-reactive ketones (excluding diaryl/α,β-unsaturated/α-hetero) is 1. The first kappa shape index (κ1) is 26.7. The molecule has 212 valence electrons. The van der Waals surface area contributed by atoms with Crippen LogP contribution in [0.1, 0.15) is 48.6 Å². The van der Waals surface area contributed by atoms with Crippen LogP contribution < -0.4 is 20.3 Å². The normalized spacial score (nSPS) is 19.6. The summed E-state index contributed by atoms with van der Waals surface area (Å²) in [5, 5.41) is 27.8. The molecule has 0 amide bonds. The van der Waals surface area contributed by atoms with Crippen molar-refractivity contribution in [3.8, 4) is 22.9 Å². The zero-order valence-electron chi connectivity index (χ0n) is 22.2. The fourth-order valence-corrected chi connectivity index (χ4v) is 5.78. The Labute approximate surface area is 232 Å². The number of hydrogen-bond donors (Lipinski definition) is 3. The summed E-state index contributed by atoms with van der Waals surface area (Å²) in [5.74, 6) is -0.313. The molecule has 3 aliphatic rings. The number of fused-ring (bicyclic) bond motifs is 5. The highest BCUT2D eigenvalue weighted by molar-refractivity contribution is 5.98. The highest BCUT2D eigenvalue weighted by atomic mass is 16.7. The van der Waals surface area contributed by atoms with Crippen LogP contribution in [0.5, 0.6) is 11.5 Å². The molecule has 6 rings (SSSR count). The number of esters is 1. The highest BCUT2D eigenvalue weighted by Gasteiger charge is 2.45. The van der Waals surface area contributed by atoms with E-state index >= 15 is 0 Å². The number of pyridine rings is 2. The number of carbonyl (C=O) groups excluding carboxylic acids is 2. The van der Waals surface area contributed by atoms with Gasteiger partial charge in [0.15, 0.2) is 11.4 Å². The van der Waals surface area contributed by atoms with Gasteiger partial charge in [0.05, 0.1) is 40.4 Å². The molecule has 14 heteroatoms. The molecule has 2 unspecified atom stereocenters. The third-order valence-corrected chi connectivity index (χ3v) is 7.99. The van der Waals surface area contributed by atoms with E-state index in [-0.39, 0.29) is 44.0 Å². The van der Waals surface area contributed by atoms with Crippen molar-refractivity contribution in [2.24, 2.45) is 5.11 Å². The van der Waals surface area contributed by atoms with Gasteiger partial charge in [-0.05, 0) is 36.6 Å². The second kappa shape index (κ2) is 9.85. The van der Waals surface area contributed by atoms with E-state index in [1.54, 1.807) is 32.0 Å². The summed E-state index contributed by atoms with van der Waals surface area (Å²) in [6, 6.07) is 3.73. The van der Waals surface area contributed by atoms with Crippen LogP contribution in [0, 0.1) is 0 Å². The molecular weight excluding hydrogens is 536 g/mol. The number of ketones is 1. The minimum absolute atomic E-state index is 0.0195. The van der Waals surface area contributed by atoms with Crippen molar-refractivity contribution in [1.82, 2.24) is 14.9 Å². The first-order valence-electron chi connectivity index (χ1n) is 13.1. The van der Waals surface area contributed by atoms with Crippen LogP contribution in [0.2, 0.25) is 0 Å². The molecule has 5 heterocycles. The third-order valence-electron chi connectivity index (χ3n) is 7.99. The number of nitrogens with one attached hydrogen (secondary N) is 1. The Morgan fingerprint density at radius 2 is 2.10 bits per heavy atom. The highest BCUT2D eigenvalue weighted by Crippen LogP contribution is 2.47. The van der Waals surface area contributed by atoms with E-state index in [4.69, 9.17) is 24.7 Å². The van der Waals surface area contributed by atoms with E-state index in [1.807, 2.05) is 0 Å². The van der Waals surface area contributed by atoms with Crippen LogP contribution in [0.25, 0.3) is 32.7 Å². The van der Waals surface area contributed by atoms with E-state index in [0.29, 0.717) is 44.9 Å². The van der Waals surface area contributed by atoms with Crippen molar-refractivity contribution in [3.05, 3.63) is 61.2 Å². The number of cyclic esters (lactones) is 1. The molecule has 3 aromatic rings. The van der Waals surface area contributed by atoms with Crippen LogP contribution in [0.3, 0.4) is 0 Å². The number of aliphatic hydroxyl groups is 2. The molecule has 3 aliphatic heterocycles. The predicted molar refractivity (Wildman–Crippen MR) is 142 cm³/mol. The van der Waals surface area contributed by atoms with Crippen molar-refractivity contribution in [1.29, 1.82) is 0 Å². The Kier molecular flexibility index (Phi) is 6.42. The second-order valence-corrected chi connectivity index (χ2v) is 10.1. The minimum atomic E-state index is -1.96. The van der Waals surface area contributed by atoms with Crippen molar-refractivity contribution >= 4 is 22.7 Å². The number of rotatable bonds is 8. The van der Waals surface area contributed by atoms with Crippen LogP contribution in [0.4, 0.5) is 0 Å². The summed E-state index contributed by atoms with van der Waals surface area (Å²) in [4.78, 5) is 46.1. The Hall–Kier alpha value is -4.49. The summed E-state index contributed by atoms with van der Waals surface area (Å²) >= 11 is 0. The molecule has 2 aromatic heterocycles. The molecule has 1 aromatic carbocycles. The summed E-state index contributed by atoms with van der Waals surface area (Å²) < 4.78 is 18.4. The average molecular weight is 563 g/mol. The molecule has 0 fully saturated rings. The zero-order valence-corrected chi connectivity index (χ0v) is 22.2. The quantitative estimate of drug-likeness (QED) is 0.123. The standard InChI is InChI=1S/C27H26N6O8/c1-3-27(38)16-6-18-22-14(8-33(18)25(36)15(16)10-39-26(27)37)24-21-20(40-11-41-24)5-4-13(23(21)31-22)12(2)30-17(7-29-32-28)19(35)9-34/h4-6,12,17,30,34,38H,3,7-11H2,1-2H3/t12?,17?,27-/m0/s1. The van der Waals surface area contributed by atoms with Crippen molar-refractivity contribution in [2.75, 3.05) is 19.9 Å². The SMILES string of the molecule is CC[C@@]1(O)C(=O)OCc2c1cc1n(c2=O)Cc2c-1nc1c(C(C)NC(CN=[N+]=[N-])C(=O)CO)ccc3c1c2OCO3. The maximum Gasteiger partial charge on any atom is 0.343 e. The molecule has 0 radical (unpaired) electrons. The van der Waals surface area contributed by atoms with Gasteiger partial charge in [-0.25, -0.2) is 9.78 Å². The summed E-state index contributed by atoms with van der Waals surface area (Å²) in [6.45, 7) is 2.38. The van der Waals surface area contributed by atoms with E-state index in [1.165, 1.54) is 4.57 Å². The number of aliphatic hydroxyl groups excluding tert-OH is 1. The van der Waals surface area contributed by atoms with Gasteiger partial charge in [0, 0.05) is 28.6 Å². The first-order valence-corrected chi connectivity index (χ1v) is 13.1. The van der Waals surface area contributed by atoms with Gasteiger partial charge in [-0.3, -0.25) is 9.59 Å². The van der Waals surface area contributed by atoms with Gasteiger partial charge in [-0.2, -0.15) is 0 Å². The molecule has 0 bridgehead atoms. The molecule has 14 nitrogen and oxygen atoms in total. The molecule has 41 heavy (non-hydrogen) atoms. The zero-order chi connectivity index (χ0) is 29.1. The number of ether oxygens (including phenoxy) is 3. The van der Waals surface area contributed by atoms with Crippen molar-refractivity contribution in [3.63, 3.8) is 0 Å². The van der Waals surface area contributed by atoms with Gasteiger partial charge in [0.2, 0.25) is 6.79 Å². The summed E-state index contributed by atoms with van der Waals surface area (Å²) in [6.07, 6.45) is 0.0195. The Morgan fingerprint density at radius 3 is 2.83 bits per heavy atom. The van der Waals surface area contributed by atoms with E-state index < -0.39 is 41.6 Å². The van der Waals surface area contributed by atoms with Gasteiger partial charge in [0.1, 0.15) is 24.7 Å². The lowest BCUT2D eigenvalue weighted by molar-refractivity contribution is -0.172. The minimum Gasteiger partial charge on any atom is -0.458 e. The van der Waals surface area contributed by atoms with Crippen LogP contribution in [-0.2, 0) is 33.1 Å². The number of nitrogens with zero attached hydrogens (tertiary/aromatic N) is 5. The van der Waals surface area contributed by atoms with Gasteiger partial charge in [-0.1, -0.05) is 18.1 Å². The van der Waals surface area contributed by atoms with Crippen molar-refractivity contribution < 1.29 is 34.0 Å². The lowest BCUT2D eigenvalue weighted by atomic mass is 9.86. The predicted octanol–water partition coefficient (Wildman–Crippen LogP) is 1.70. The van der Waals surface area contributed by atoms with Gasteiger partial charge in [-0.15, -0.1) is 0 Å². The molecule has 3 atom stereocenters. The Bertz CT molecular complexity index is 1750. The lowest BCUT2D eigenvalue weighted by Crippen LogP contribution is -2.44. The van der Waals surface area contributed by atoms with Crippen LogP contribution in [0.15, 0.2) is 28.1 Å². The molecule has 0 aliphatic carbocycles. The number of carbonyl (C=O) groups is 2. The number of aromatic nitrogens is 2. The monoisotopic (exact) mass is 562 g/mol. The molecule has 0 saturated heterocycles. The van der Waals surface area contributed by atoms with Gasteiger partial charge in [0.25, 0.3) is 5.56 Å². The second-order valence-electron chi connectivity index (χ2n) is 10.1. The Morgan fingerprint density at radius 1 is 1.29 bits per heavy atom.